The van der Waals surface area contributed by atoms with Crippen LogP contribution < -0.4 is 30.3 Å². The molecule has 5 aliphatic rings. The minimum atomic E-state index is -1.37. The minimum Gasteiger partial charge on any atom is -0.598 e. The van der Waals surface area contributed by atoms with E-state index < -0.39 is 32.2 Å². The van der Waals surface area contributed by atoms with Crippen LogP contribution >= 0.6 is 46.7 Å². The molecule has 2 spiro atoms. The molecule has 1 unspecified atom stereocenters. The Labute approximate surface area is 491 Å². The van der Waals surface area contributed by atoms with Gasteiger partial charge in [0.25, 0.3) is 0 Å². The normalized spacial score (nSPS) is 21.4. The van der Waals surface area contributed by atoms with E-state index >= 15 is 0 Å². The van der Waals surface area contributed by atoms with Crippen LogP contribution in [0.4, 0.5) is 29.1 Å². The van der Waals surface area contributed by atoms with Crippen LogP contribution in [0.1, 0.15) is 100 Å². The quantitative estimate of drug-likeness (QED) is 0.0934. The number of imidazole rings is 4. The van der Waals surface area contributed by atoms with Gasteiger partial charge in [0, 0.05) is 105 Å². The van der Waals surface area contributed by atoms with Crippen LogP contribution in [0.2, 0.25) is 10.0 Å². The number of halogens is 2. The molecule has 5 N–H and O–H groups in total. The zero-order valence-corrected chi connectivity index (χ0v) is 49.7. The fourth-order valence-electron chi connectivity index (χ4n) is 13.3. The number of aromatic nitrogens is 10. The van der Waals surface area contributed by atoms with Gasteiger partial charge in [-0.15, -0.1) is 9.44 Å². The van der Waals surface area contributed by atoms with Crippen LogP contribution in [0.25, 0.3) is 33.6 Å². The predicted molar refractivity (Wildman–Crippen MR) is 322 cm³/mol. The zero-order chi connectivity index (χ0) is 55.5. The standard InChI is InChI=1S/C57H56Cl2N16O2S4/c1-54(2,3)80(76)71-47-45-30(7-6-18-61-45)26-56(47)14-21-72(22-15-56)50-33-29-65-53-38(9-11-41(68-50)75(33)53)79-36-13-20-63-49(44(36)59)67-39-25-31-42-32(66-39)27-57(46(42)70-81(77)55(31,4)5)16-23-73(24-17-57)51-34-28-64-52-37(8-10-40(69-51)74(34)52)78-35-12-19-62-48(60)43(35)58/h6-13,18-20,25,28-29,46-47,70-71H,14-17,21-24,26-27H2,1-5H3,(H2,60,62)(H,63,66,67)/t46?,47-,80-,81-/m1/s1. The molecular weight excluding hydrogens is 1140 g/mol. The van der Waals surface area contributed by atoms with E-state index in [1.807, 2.05) is 95.7 Å². The number of hydrogen-bond acceptors (Lipinski definition) is 18. The molecule has 0 bridgehead atoms. The highest BCUT2D eigenvalue weighted by Gasteiger charge is 2.58. The van der Waals surface area contributed by atoms with E-state index in [4.69, 9.17) is 63.8 Å². The lowest BCUT2D eigenvalue weighted by molar-refractivity contribution is 0.173. The number of rotatable bonds is 10. The Hall–Kier alpha value is -5.66. The number of pyridine rings is 6. The van der Waals surface area contributed by atoms with Gasteiger partial charge < -0.3 is 30.0 Å². The van der Waals surface area contributed by atoms with Crippen molar-refractivity contribution < 1.29 is 9.11 Å². The van der Waals surface area contributed by atoms with Gasteiger partial charge in [-0.25, -0.2) is 34.9 Å². The number of nitrogen functional groups attached to an aromatic ring is 1. The second-order valence-electron chi connectivity index (χ2n) is 23.7. The third kappa shape index (κ3) is 8.24. The summed E-state index contributed by atoms with van der Waals surface area (Å²) < 4.78 is 38.1. The van der Waals surface area contributed by atoms with Crippen LogP contribution in [0.5, 0.6) is 0 Å². The minimum absolute atomic E-state index is 0.0905. The highest BCUT2D eigenvalue weighted by molar-refractivity contribution is 8.00. The summed E-state index contributed by atoms with van der Waals surface area (Å²) in [4.78, 5) is 47.4. The molecular formula is C57H56Cl2N16O2S4. The summed E-state index contributed by atoms with van der Waals surface area (Å²) in [6.07, 6.45) is 14.3. The maximum atomic E-state index is 14.3. The van der Waals surface area contributed by atoms with E-state index in [-0.39, 0.29) is 22.9 Å². The first-order valence-electron chi connectivity index (χ1n) is 27.2. The largest absolute Gasteiger partial charge is 0.598 e. The molecule has 3 aliphatic heterocycles. The maximum absolute atomic E-state index is 14.3. The van der Waals surface area contributed by atoms with Crippen molar-refractivity contribution in [2.45, 2.75) is 114 Å². The van der Waals surface area contributed by atoms with Crippen molar-refractivity contribution in [3.05, 3.63) is 124 Å². The van der Waals surface area contributed by atoms with Gasteiger partial charge in [0.1, 0.15) is 44.8 Å². The predicted octanol–water partition coefficient (Wildman–Crippen LogP) is 10.8. The van der Waals surface area contributed by atoms with Crippen molar-refractivity contribution in [3.8, 4) is 0 Å². The average molecular weight is 1200 g/mol. The van der Waals surface area contributed by atoms with Gasteiger partial charge in [0.2, 0.25) is 0 Å². The Morgan fingerprint density at radius 2 is 1.35 bits per heavy atom. The van der Waals surface area contributed by atoms with Gasteiger partial charge in [0.15, 0.2) is 33.5 Å². The number of fused-ring (bicyclic) bond motifs is 2. The lowest BCUT2D eigenvalue weighted by atomic mass is 9.72. The van der Waals surface area contributed by atoms with Crippen molar-refractivity contribution in [2.75, 3.05) is 47.0 Å². The first-order valence-corrected chi connectivity index (χ1v) is 31.9. The molecule has 13 heterocycles. The number of nitrogens with two attached hydrogens (primary N) is 1. The summed E-state index contributed by atoms with van der Waals surface area (Å²) in [5.41, 5.74) is 16.3. The number of hydrogen-bond donors (Lipinski definition) is 4. The first-order chi connectivity index (χ1) is 39.0. The first kappa shape index (κ1) is 52.2. The van der Waals surface area contributed by atoms with Crippen molar-refractivity contribution >= 4 is 132 Å². The van der Waals surface area contributed by atoms with Crippen LogP contribution in [0.3, 0.4) is 0 Å². The third-order valence-corrected chi connectivity index (χ3v) is 24.0. The molecule has 2 saturated heterocycles. The van der Waals surface area contributed by atoms with Gasteiger partial charge in [-0.1, -0.05) is 52.8 Å². The molecule has 15 rings (SSSR count). The summed E-state index contributed by atoms with van der Waals surface area (Å²) in [6, 6.07) is 18.0. The van der Waals surface area contributed by atoms with E-state index in [1.54, 1.807) is 12.4 Å². The SMILES string of the molecule is CC(C)(C)[S@@+]([O-])N[C@@H]1c2ncccc2CC12CCN(c1nc3ccc(Sc4ccnc(Nc5cc6c7c(n5)CC5(CCN(c8nc9ccc(Sc%10ccnc(N)c%10Cl)c%10ncc8n9%10)CC5)C7N[S@+]([O-])C6(C)C)c4Cl)c4ncc1n34)CC2. The highest BCUT2D eigenvalue weighted by Crippen LogP contribution is 2.59. The smallest absolute Gasteiger partial charge is 0.165 e. The summed E-state index contributed by atoms with van der Waals surface area (Å²) in [5.74, 6) is 3.21. The molecule has 81 heavy (non-hydrogen) atoms. The molecule has 0 aromatic carbocycles. The summed E-state index contributed by atoms with van der Waals surface area (Å²) in [5, 5.41) is 4.39. The topological polar surface area (TPSA) is 227 Å². The van der Waals surface area contributed by atoms with E-state index in [0.717, 1.165) is 152 Å². The molecule has 24 heteroatoms. The van der Waals surface area contributed by atoms with Crippen LogP contribution in [0.15, 0.2) is 105 Å². The maximum Gasteiger partial charge on any atom is 0.165 e. The third-order valence-electron chi connectivity index (χ3n) is 17.7. The van der Waals surface area contributed by atoms with E-state index in [0.29, 0.717) is 27.5 Å². The Balaban J connectivity index is 0.657. The van der Waals surface area contributed by atoms with Gasteiger partial charge in [-0.05, 0) is 127 Å². The Kier molecular flexibility index (Phi) is 12.2. The molecule has 0 radical (unpaired) electrons. The van der Waals surface area contributed by atoms with E-state index in [9.17, 15) is 9.11 Å². The molecule has 414 valence electrons. The summed E-state index contributed by atoms with van der Waals surface area (Å²) in [6.45, 7) is 13.2. The average Bonchev–Trinajstić information content (AvgIpc) is 2.77. The Morgan fingerprint density at radius 3 is 1.98 bits per heavy atom. The number of nitrogens with one attached hydrogen (secondary N) is 3. The molecule has 10 aromatic rings. The highest BCUT2D eigenvalue weighted by atomic mass is 35.5. The monoisotopic (exact) mass is 1190 g/mol. The molecule has 2 aliphatic carbocycles. The number of anilines is 5. The van der Waals surface area contributed by atoms with Crippen LogP contribution in [0, 0.1) is 10.8 Å². The van der Waals surface area contributed by atoms with Crippen molar-refractivity contribution in [1.29, 1.82) is 0 Å². The van der Waals surface area contributed by atoms with Gasteiger partial charge in [-0.3, -0.25) is 13.8 Å². The molecule has 18 nitrogen and oxygen atoms in total. The lowest BCUT2D eigenvalue weighted by Gasteiger charge is -2.46. The van der Waals surface area contributed by atoms with Gasteiger partial charge in [0.05, 0.1) is 44.0 Å². The van der Waals surface area contributed by atoms with Crippen molar-refractivity contribution in [1.82, 2.24) is 58.1 Å². The van der Waals surface area contributed by atoms with Crippen molar-refractivity contribution in [2.24, 2.45) is 10.8 Å². The second kappa shape index (κ2) is 18.9. The molecule has 10 aromatic heterocycles. The fourth-order valence-corrected chi connectivity index (χ4v) is 17.8. The van der Waals surface area contributed by atoms with Crippen LogP contribution in [-0.2, 0) is 40.3 Å². The molecule has 4 atom stereocenters. The number of nitrogens with zero attached hydrogens (tertiary/aromatic N) is 12. The zero-order valence-electron chi connectivity index (χ0n) is 45.0. The lowest BCUT2D eigenvalue weighted by Crippen LogP contribution is -2.52. The van der Waals surface area contributed by atoms with Crippen molar-refractivity contribution in [3.63, 3.8) is 0 Å². The second-order valence-corrected chi connectivity index (χ2v) is 30.4. The number of piperidine rings is 2. The molecule has 0 amide bonds. The van der Waals surface area contributed by atoms with E-state index in [2.05, 4.69) is 50.5 Å². The molecule has 0 saturated carbocycles. The summed E-state index contributed by atoms with van der Waals surface area (Å²) in [7, 11) is 0. The summed E-state index contributed by atoms with van der Waals surface area (Å²) >= 11 is 14.3. The fraction of sp³-hybridized carbons (Fsp3) is 0.368. The Morgan fingerprint density at radius 1 is 0.741 bits per heavy atom. The molecule has 2 fully saturated rings. The van der Waals surface area contributed by atoms with Gasteiger partial charge in [-0.2, -0.15) is 0 Å². The van der Waals surface area contributed by atoms with Gasteiger partial charge >= 0.3 is 0 Å². The van der Waals surface area contributed by atoms with Crippen LogP contribution in [-0.4, -0.2) is 88.7 Å². The Bertz CT molecular complexity index is 4140. The van der Waals surface area contributed by atoms with E-state index in [1.165, 1.54) is 29.1 Å².